The lowest BCUT2D eigenvalue weighted by atomic mass is 10.2. The predicted molar refractivity (Wildman–Crippen MR) is 119 cm³/mol. The van der Waals surface area contributed by atoms with Crippen LogP contribution in [0.1, 0.15) is 24.0 Å². The zero-order chi connectivity index (χ0) is 21.3. The van der Waals surface area contributed by atoms with Gasteiger partial charge in [-0.2, -0.15) is 0 Å². The van der Waals surface area contributed by atoms with Crippen LogP contribution in [-0.4, -0.2) is 46.2 Å². The standard InChI is InChI=1S/C23H30N4O3/c1-24-23(26-16-17-10-11-20(29-2)21(15-17)30-3)25-13-6-9-22(28)27-14-12-18-7-4-5-8-19(18)27/h4-5,7-8,10-11,15H,6,9,12-14,16H2,1-3H3,(H2,24,25,26). The first-order valence-corrected chi connectivity index (χ1v) is 10.2. The van der Waals surface area contributed by atoms with Crippen LogP contribution in [0.3, 0.4) is 0 Å². The molecule has 2 aromatic rings. The number of anilines is 1. The van der Waals surface area contributed by atoms with E-state index in [-0.39, 0.29) is 5.91 Å². The first-order chi connectivity index (χ1) is 14.7. The lowest BCUT2D eigenvalue weighted by Gasteiger charge is -2.17. The Morgan fingerprint density at radius 2 is 1.90 bits per heavy atom. The molecule has 1 aliphatic rings. The van der Waals surface area contributed by atoms with Gasteiger partial charge in [-0.3, -0.25) is 9.79 Å². The third-order valence-corrected chi connectivity index (χ3v) is 5.18. The third kappa shape index (κ3) is 5.23. The van der Waals surface area contributed by atoms with Gasteiger partial charge in [0.15, 0.2) is 17.5 Å². The van der Waals surface area contributed by atoms with Crippen LogP contribution in [0.2, 0.25) is 0 Å². The van der Waals surface area contributed by atoms with E-state index in [2.05, 4.69) is 21.7 Å². The molecule has 0 bridgehead atoms. The monoisotopic (exact) mass is 410 g/mol. The maximum absolute atomic E-state index is 12.6. The van der Waals surface area contributed by atoms with Crippen molar-refractivity contribution in [2.24, 2.45) is 4.99 Å². The second-order valence-corrected chi connectivity index (χ2v) is 7.07. The summed E-state index contributed by atoms with van der Waals surface area (Å²) in [5.74, 6) is 2.27. The fourth-order valence-corrected chi connectivity index (χ4v) is 3.58. The fourth-order valence-electron chi connectivity index (χ4n) is 3.58. The average Bonchev–Trinajstić information content (AvgIpc) is 3.22. The zero-order valence-corrected chi connectivity index (χ0v) is 17.9. The Morgan fingerprint density at radius 1 is 1.10 bits per heavy atom. The molecule has 2 N–H and O–H groups in total. The molecule has 3 rings (SSSR count). The number of nitrogens with zero attached hydrogens (tertiary/aromatic N) is 2. The van der Waals surface area contributed by atoms with E-state index in [9.17, 15) is 4.79 Å². The van der Waals surface area contributed by atoms with Gasteiger partial charge in [-0.15, -0.1) is 0 Å². The number of fused-ring (bicyclic) bond motifs is 1. The van der Waals surface area contributed by atoms with Crippen molar-refractivity contribution in [3.63, 3.8) is 0 Å². The molecule has 0 fully saturated rings. The minimum atomic E-state index is 0.176. The maximum atomic E-state index is 12.6. The fraction of sp³-hybridized carbons (Fsp3) is 0.391. The van der Waals surface area contributed by atoms with Gasteiger partial charge in [0.1, 0.15) is 0 Å². The highest BCUT2D eigenvalue weighted by molar-refractivity contribution is 5.95. The number of aliphatic imine (C=N–C) groups is 1. The molecular formula is C23H30N4O3. The maximum Gasteiger partial charge on any atom is 0.227 e. The van der Waals surface area contributed by atoms with E-state index in [0.29, 0.717) is 37.0 Å². The molecule has 0 unspecified atom stereocenters. The molecule has 0 saturated carbocycles. The van der Waals surface area contributed by atoms with Crippen LogP contribution in [0.15, 0.2) is 47.5 Å². The van der Waals surface area contributed by atoms with E-state index in [1.165, 1.54) is 5.56 Å². The highest BCUT2D eigenvalue weighted by atomic mass is 16.5. The van der Waals surface area contributed by atoms with Gasteiger partial charge in [-0.1, -0.05) is 24.3 Å². The van der Waals surface area contributed by atoms with Crippen molar-refractivity contribution in [1.29, 1.82) is 0 Å². The van der Waals surface area contributed by atoms with E-state index in [1.807, 2.05) is 41.3 Å². The molecule has 160 valence electrons. The summed E-state index contributed by atoms with van der Waals surface area (Å²) in [5, 5.41) is 6.55. The summed E-state index contributed by atoms with van der Waals surface area (Å²) in [5.41, 5.74) is 3.37. The van der Waals surface area contributed by atoms with E-state index >= 15 is 0 Å². The number of methoxy groups -OCH3 is 2. The number of ether oxygens (including phenoxy) is 2. The highest BCUT2D eigenvalue weighted by Crippen LogP contribution is 2.28. The van der Waals surface area contributed by atoms with Crippen molar-refractivity contribution in [1.82, 2.24) is 10.6 Å². The molecule has 0 aliphatic carbocycles. The first-order valence-electron chi connectivity index (χ1n) is 10.2. The summed E-state index contributed by atoms with van der Waals surface area (Å²) in [6.07, 6.45) is 2.19. The van der Waals surface area contributed by atoms with Crippen LogP contribution in [0.5, 0.6) is 11.5 Å². The highest BCUT2D eigenvalue weighted by Gasteiger charge is 2.23. The van der Waals surface area contributed by atoms with Crippen molar-refractivity contribution >= 4 is 17.6 Å². The van der Waals surface area contributed by atoms with E-state index in [1.54, 1.807) is 21.3 Å². The second-order valence-electron chi connectivity index (χ2n) is 7.07. The molecule has 7 heteroatoms. The number of carbonyl (C=O) groups is 1. The number of hydrogen-bond acceptors (Lipinski definition) is 4. The summed E-state index contributed by atoms with van der Waals surface area (Å²) in [6.45, 7) is 2.05. The minimum absolute atomic E-state index is 0.176. The van der Waals surface area contributed by atoms with Crippen molar-refractivity contribution in [3.8, 4) is 11.5 Å². The van der Waals surface area contributed by atoms with Gasteiger partial charge in [0.05, 0.1) is 14.2 Å². The predicted octanol–water partition coefficient (Wildman–Crippen LogP) is 2.74. The number of para-hydroxylation sites is 1. The van der Waals surface area contributed by atoms with Gasteiger partial charge in [0, 0.05) is 38.8 Å². The Morgan fingerprint density at radius 3 is 2.67 bits per heavy atom. The number of hydrogen-bond donors (Lipinski definition) is 2. The van der Waals surface area contributed by atoms with Gasteiger partial charge in [-0.05, 0) is 42.2 Å². The van der Waals surface area contributed by atoms with Gasteiger partial charge >= 0.3 is 0 Å². The Labute approximate surface area is 178 Å². The van der Waals surface area contributed by atoms with Crippen LogP contribution in [0.4, 0.5) is 5.69 Å². The summed E-state index contributed by atoms with van der Waals surface area (Å²) in [4.78, 5) is 18.7. The van der Waals surface area contributed by atoms with Gasteiger partial charge in [0.25, 0.3) is 0 Å². The quantitative estimate of drug-likeness (QED) is 0.398. The van der Waals surface area contributed by atoms with Crippen molar-refractivity contribution in [3.05, 3.63) is 53.6 Å². The van der Waals surface area contributed by atoms with E-state index in [0.717, 1.165) is 30.6 Å². The molecular weight excluding hydrogens is 380 g/mol. The Bertz CT molecular complexity index is 898. The van der Waals surface area contributed by atoms with Crippen LogP contribution >= 0.6 is 0 Å². The lowest BCUT2D eigenvalue weighted by molar-refractivity contribution is -0.118. The molecule has 0 radical (unpaired) electrons. The Balaban J connectivity index is 1.41. The Kier molecular flexibility index (Phi) is 7.54. The van der Waals surface area contributed by atoms with Gasteiger partial charge in [0.2, 0.25) is 5.91 Å². The molecule has 0 aromatic heterocycles. The smallest absolute Gasteiger partial charge is 0.227 e. The lowest BCUT2D eigenvalue weighted by Crippen LogP contribution is -2.38. The number of nitrogens with one attached hydrogen (secondary N) is 2. The molecule has 0 saturated heterocycles. The Hall–Kier alpha value is -3.22. The molecule has 2 aromatic carbocycles. The van der Waals surface area contributed by atoms with Gasteiger partial charge in [-0.25, -0.2) is 0 Å². The van der Waals surface area contributed by atoms with E-state index < -0.39 is 0 Å². The molecule has 30 heavy (non-hydrogen) atoms. The number of rotatable bonds is 8. The first kappa shape index (κ1) is 21.5. The number of carbonyl (C=O) groups excluding carboxylic acids is 1. The normalized spacial score (nSPS) is 13.0. The van der Waals surface area contributed by atoms with Crippen LogP contribution in [0.25, 0.3) is 0 Å². The average molecular weight is 411 g/mol. The third-order valence-electron chi connectivity index (χ3n) is 5.18. The number of amides is 1. The van der Waals surface area contributed by atoms with Crippen LogP contribution in [0, 0.1) is 0 Å². The van der Waals surface area contributed by atoms with Crippen LogP contribution in [-0.2, 0) is 17.8 Å². The van der Waals surface area contributed by atoms with Gasteiger partial charge < -0.3 is 25.0 Å². The van der Waals surface area contributed by atoms with Crippen LogP contribution < -0.4 is 25.0 Å². The van der Waals surface area contributed by atoms with Crippen molar-refractivity contribution < 1.29 is 14.3 Å². The van der Waals surface area contributed by atoms with E-state index in [4.69, 9.17) is 9.47 Å². The summed E-state index contributed by atoms with van der Waals surface area (Å²) in [7, 11) is 4.97. The molecule has 0 atom stereocenters. The van der Waals surface area contributed by atoms with Crippen molar-refractivity contribution in [2.45, 2.75) is 25.8 Å². The molecule has 7 nitrogen and oxygen atoms in total. The largest absolute Gasteiger partial charge is 0.493 e. The molecule has 1 aliphatic heterocycles. The SMILES string of the molecule is CN=C(NCCCC(=O)N1CCc2ccccc21)NCc1ccc(OC)c(OC)c1. The topological polar surface area (TPSA) is 75.2 Å². The molecule has 1 heterocycles. The second kappa shape index (κ2) is 10.5. The zero-order valence-electron chi connectivity index (χ0n) is 17.9. The summed E-state index contributed by atoms with van der Waals surface area (Å²) >= 11 is 0. The number of guanidine groups is 1. The molecule has 0 spiro atoms. The minimum Gasteiger partial charge on any atom is -0.493 e. The summed E-state index contributed by atoms with van der Waals surface area (Å²) in [6, 6.07) is 13.9. The van der Waals surface area contributed by atoms with Crippen molar-refractivity contribution in [2.75, 3.05) is 39.3 Å². The molecule has 1 amide bonds. The number of benzene rings is 2. The summed E-state index contributed by atoms with van der Waals surface area (Å²) < 4.78 is 10.6.